The molecule has 1 saturated heterocycles. The van der Waals surface area contributed by atoms with Gasteiger partial charge in [0.1, 0.15) is 5.82 Å². The summed E-state index contributed by atoms with van der Waals surface area (Å²) in [5.41, 5.74) is 8.75. The van der Waals surface area contributed by atoms with Crippen LogP contribution in [0.5, 0.6) is 0 Å². The molecule has 0 radical (unpaired) electrons. The lowest BCUT2D eigenvalue weighted by atomic mass is 10.1. The van der Waals surface area contributed by atoms with Crippen molar-refractivity contribution in [1.82, 2.24) is 20.0 Å². The van der Waals surface area contributed by atoms with Gasteiger partial charge >= 0.3 is 0 Å². The molecular weight excluding hydrogens is 214 g/mol. The third-order valence-electron chi connectivity index (χ3n) is 3.95. The maximum absolute atomic E-state index is 6.27. The number of nitrogens with one attached hydrogen (secondary N) is 1. The van der Waals surface area contributed by atoms with E-state index in [-0.39, 0.29) is 0 Å². The van der Waals surface area contributed by atoms with Crippen molar-refractivity contribution in [2.45, 2.75) is 31.8 Å². The molecule has 1 fully saturated rings. The maximum Gasteiger partial charge on any atom is 0.126 e. The molecule has 1 aromatic heterocycles. The Bertz CT molecular complexity index is 405. The van der Waals surface area contributed by atoms with Gasteiger partial charge in [0, 0.05) is 25.1 Å². The second kappa shape index (κ2) is 4.31. The summed E-state index contributed by atoms with van der Waals surface area (Å²) in [7, 11) is 2.14. The lowest BCUT2D eigenvalue weighted by molar-refractivity contribution is 0.311. The lowest BCUT2D eigenvalue weighted by Gasteiger charge is -2.24. The Morgan fingerprint density at radius 2 is 2.12 bits per heavy atom. The molecule has 0 spiro atoms. The van der Waals surface area contributed by atoms with E-state index in [9.17, 15) is 0 Å². The number of likely N-dealkylation sites (N-methyl/N-ethyl adjacent to an activating group) is 1. The van der Waals surface area contributed by atoms with Crippen LogP contribution >= 0.6 is 0 Å². The van der Waals surface area contributed by atoms with E-state index in [4.69, 9.17) is 10.8 Å². The zero-order valence-corrected chi connectivity index (χ0v) is 10.4. The van der Waals surface area contributed by atoms with Crippen molar-refractivity contribution < 1.29 is 0 Å². The Balaban J connectivity index is 1.90. The van der Waals surface area contributed by atoms with E-state index in [1.165, 1.54) is 11.3 Å². The first-order valence-electron chi connectivity index (χ1n) is 6.50. The van der Waals surface area contributed by atoms with Gasteiger partial charge in [0.05, 0.1) is 11.7 Å². The van der Waals surface area contributed by atoms with Crippen LogP contribution in [0.4, 0.5) is 5.82 Å². The van der Waals surface area contributed by atoms with Crippen LogP contribution in [0, 0.1) is 0 Å². The highest BCUT2D eigenvalue weighted by atomic mass is 15.3. The number of rotatable bonds is 1. The normalized spacial score (nSPS) is 22.6. The molecule has 0 unspecified atom stereocenters. The Labute approximate surface area is 102 Å². The number of nitrogens with two attached hydrogens (primary N) is 1. The minimum absolute atomic E-state index is 0.493. The first-order chi connectivity index (χ1) is 8.25. The highest BCUT2D eigenvalue weighted by Gasteiger charge is 2.25. The smallest absolute Gasteiger partial charge is 0.126 e. The zero-order chi connectivity index (χ0) is 11.8. The van der Waals surface area contributed by atoms with E-state index < -0.39 is 0 Å². The third-order valence-corrected chi connectivity index (χ3v) is 3.95. The summed E-state index contributed by atoms with van der Waals surface area (Å²) >= 11 is 0. The Hall–Kier alpha value is -1.07. The van der Waals surface area contributed by atoms with E-state index in [2.05, 4.69) is 21.9 Å². The van der Waals surface area contributed by atoms with E-state index >= 15 is 0 Å². The summed E-state index contributed by atoms with van der Waals surface area (Å²) in [6.45, 7) is 4.20. The summed E-state index contributed by atoms with van der Waals surface area (Å²) in [5.74, 6) is 0.901. The van der Waals surface area contributed by atoms with Crippen LogP contribution in [0.3, 0.4) is 0 Å². The summed E-state index contributed by atoms with van der Waals surface area (Å²) in [4.78, 5) is 2.31. The molecule has 0 atom stereocenters. The molecule has 17 heavy (non-hydrogen) atoms. The molecule has 94 valence electrons. The van der Waals surface area contributed by atoms with Crippen molar-refractivity contribution in [3.8, 4) is 0 Å². The van der Waals surface area contributed by atoms with Gasteiger partial charge in [-0.15, -0.1) is 0 Å². The van der Waals surface area contributed by atoms with E-state index in [1.54, 1.807) is 0 Å². The summed E-state index contributed by atoms with van der Waals surface area (Å²) in [6.07, 6.45) is 3.31. The van der Waals surface area contributed by atoms with Crippen LogP contribution in [0.1, 0.15) is 30.1 Å². The fourth-order valence-corrected chi connectivity index (χ4v) is 2.88. The molecule has 2 aliphatic heterocycles. The van der Waals surface area contributed by atoms with Crippen LogP contribution in [-0.4, -0.2) is 41.4 Å². The highest BCUT2D eigenvalue weighted by Crippen LogP contribution is 2.28. The molecule has 3 heterocycles. The van der Waals surface area contributed by atoms with Gasteiger partial charge in [0.25, 0.3) is 0 Å². The van der Waals surface area contributed by atoms with Crippen LogP contribution < -0.4 is 11.1 Å². The van der Waals surface area contributed by atoms with Gasteiger partial charge < -0.3 is 16.0 Å². The van der Waals surface area contributed by atoms with Gasteiger partial charge in [-0.3, -0.25) is 0 Å². The molecule has 5 nitrogen and oxygen atoms in total. The minimum Gasteiger partial charge on any atom is -0.384 e. The van der Waals surface area contributed by atoms with Gasteiger partial charge in [-0.2, -0.15) is 5.10 Å². The molecule has 2 aliphatic rings. The Morgan fingerprint density at radius 3 is 2.88 bits per heavy atom. The predicted molar refractivity (Wildman–Crippen MR) is 67.8 cm³/mol. The first kappa shape index (κ1) is 11.0. The topological polar surface area (TPSA) is 59.1 Å². The number of aromatic nitrogens is 2. The van der Waals surface area contributed by atoms with E-state index in [1.807, 2.05) is 0 Å². The number of hydrogen-bond donors (Lipinski definition) is 2. The zero-order valence-electron chi connectivity index (χ0n) is 10.4. The van der Waals surface area contributed by atoms with Gasteiger partial charge in [0.2, 0.25) is 0 Å². The Kier molecular flexibility index (Phi) is 2.80. The average Bonchev–Trinajstić information content (AvgIpc) is 2.68. The van der Waals surface area contributed by atoms with Crippen molar-refractivity contribution in [1.29, 1.82) is 0 Å². The number of hydrogen-bond acceptors (Lipinski definition) is 4. The molecular formula is C12H21N5. The molecule has 1 aromatic rings. The summed E-state index contributed by atoms with van der Waals surface area (Å²) < 4.78 is 2.09. The second-order valence-corrected chi connectivity index (χ2v) is 5.22. The molecule has 5 heteroatoms. The molecule has 0 bridgehead atoms. The monoisotopic (exact) mass is 235 g/mol. The molecule has 0 saturated carbocycles. The second-order valence-electron chi connectivity index (χ2n) is 5.22. The van der Waals surface area contributed by atoms with Gasteiger partial charge in [0.15, 0.2) is 0 Å². The van der Waals surface area contributed by atoms with Gasteiger partial charge in [-0.25, -0.2) is 4.68 Å². The largest absolute Gasteiger partial charge is 0.384 e. The average molecular weight is 235 g/mol. The first-order valence-corrected chi connectivity index (χ1v) is 6.50. The number of fused-ring (bicyclic) bond motifs is 1. The van der Waals surface area contributed by atoms with Crippen molar-refractivity contribution in [3.63, 3.8) is 0 Å². The fraction of sp³-hybridized carbons (Fsp3) is 0.750. The molecule has 0 aliphatic carbocycles. The van der Waals surface area contributed by atoms with Crippen LogP contribution in [0.2, 0.25) is 0 Å². The molecule has 3 rings (SSSR count). The maximum atomic E-state index is 6.27. The molecule has 3 N–H and O–H groups in total. The quantitative estimate of drug-likeness (QED) is 0.739. The van der Waals surface area contributed by atoms with Crippen LogP contribution in [0.15, 0.2) is 0 Å². The number of piperidine rings is 1. The predicted octanol–water partition coefficient (Wildman–Crippen LogP) is 0.378. The molecule has 0 amide bonds. The fourth-order valence-electron chi connectivity index (χ4n) is 2.88. The Morgan fingerprint density at radius 1 is 1.35 bits per heavy atom. The number of nitrogen functional groups attached to an aromatic ring is 1. The lowest BCUT2D eigenvalue weighted by Crippen LogP contribution is -2.30. The number of anilines is 1. The van der Waals surface area contributed by atoms with E-state index in [0.717, 1.165) is 51.3 Å². The van der Waals surface area contributed by atoms with Crippen LogP contribution in [-0.2, 0) is 13.0 Å². The molecule has 0 aromatic carbocycles. The standard InChI is InChI=1S/C12H21N5/c1-16-7-4-11-10(8-16)12(13)17(15-11)9-2-5-14-6-3-9/h9,14H,2-8,13H2,1H3. The van der Waals surface area contributed by atoms with Crippen molar-refractivity contribution >= 4 is 5.82 Å². The summed E-state index contributed by atoms with van der Waals surface area (Å²) in [5, 5.41) is 8.13. The van der Waals surface area contributed by atoms with Crippen molar-refractivity contribution in [3.05, 3.63) is 11.3 Å². The minimum atomic E-state index is 0.493. The number of nitrogens with zero attached hydrogens (tertiary/aromatic N) is 3. The van der Waals surface area contributed by atoms with Gasteiger partial charge in [-0.1, -0.05) is 0 Å². The van der Waals surface area contributed by atoms with Crippen LogP contribution in [0.25, 0.3) is 0 Å². The van der Waals surface area contributed by atoms with E-state index in [0.29, 0.717) is 6.04 Å². The van der Waals surface area contributed by atoms with Crippen molar-refractivity contribution in [2.24, 2.45) is 0 Å². The third kappa shape index (κ3) is 1.93. The highest BCUT2D eigenvalue weighted by molar-refractivity contribution is 5.45. The summed E-state index contributed by atoms with van der Waals surface area (Å²) in [6, 6.07) is 0.493. The van der Waals surface area contributed by atoms with Gasteiger partial charge in [-0.05, 0) is 33.0 Å². The van der Waals surface area contributed by atoms with Crippen molar-refractivity contribution in [2.75, 3.05) is 32.4 Å². The SMILES string of the molecule is CN1CCc2nn(C3CCNCC3)c(N)c2C1.